The molecule has 0 bridgehead atoms. The van der Waals surface area contributed by atoms with Crippen LogP contribution in [0.5, 0.6) is 0 Å². The van der Waals surface area contributed by atoms with Crippen LogP contribution in [-0.4, -0.2) is 22.7 Å². The summed E-state index contributed by atoms with van der Waals surface area (Å²) in [5, 5.41) is 10.00. The van der Waals surface area contributed by atoms with Gasteiger partial charge >= 0.3 is 5.97 Å². The summed E-state index contributed by atoms with van der Waals surface area (Å²) < 4.78 is 1.78. The maximum Gasteiger partial charge on any atom is 0.335 e. The van der Waals surface area contributed by atoms with Crippen LogP contribution in [0.2, 0.25) is 10.0 Å². The van der Waals surface area contributed by atoms with Crippen molar-refractivity contribution in [1.82, 2.24) is 4.57 Å². The largest absolute Gasteiger partial charge is 0.478 e. The van der Waals surface area contributed by atoms with Crippen LogP contribution in [0.4, 0.5) is 5.69 Å². The minimum atomic E-state index is -0.956. The van der Waals surface area contributed by atoms with Gasteiger partial charge in [-0.15, -0.1) is 0 Å². The SMILES string of the molecule is CN(Cc1c(C2CC2)cc(Cl)c(=O)n1CCc1ccc(C(=O)O)cc1)c1cccc(Cl)c1. The van der Waals surface area contributed by atoms with E-state index in [9.17, 15) is 9.59 Å². The van der Waals surface area contributed by atoms with E-state index in [1.165, 1.54) is 0 Å². The first-order valence-corrected chi connectivity index (χ1v) is 11.3. The Bertz CT molecular complexity index is 1200. The van der Waals surface area contributed by atoms with E-state index < -0.39 is 5.97 Å². The number of carboxylic acid groups (broad SMARTS) is 1. The van der Waals surface area contributed by atoms with Gasteiger partial charge in [-0.1, -0.05) is 41.4 Å². The number of hydrogen-bond donors (Lipinski definition) is 1. The van der Waals surface area contributed by atoms with Gasteiger partial charge in [0, 0.05) is 30.0 Å². The summed E-state index contributed by atoms with van der Waals surface area (Å²) in [7, 11) is 1.98. The maximum atomic E-state index is 13.0. The average Bonchev–Trinajstić information content (AvgIpc) is 3.61. The molecule has 0 unspecified atom stereocenters. The Hall–Kier alpha value is -2.76. The van der Waals surface area contributed by atoms with Crippen molar-refractivity contribution in [2.24, 2.45) is 0 Å². The van der Waals surface area contributed by atoms with E-state index in [1.54, 1.807) is 28.8 Å². The molecule has 4 rings (SSSR count). The second-order valence-corrected chi connectivity index (χ2v) is 9.06. The highest BCUT2D eigenvalue weighted by Crippen LogP contribution is 2.42. The molecule has 1 aliphatic rings. The summed E-state index contributed by atoms with van der Waals surface area (Å²) in [6.45, 7) is 1.01. The molecule has 1 fully saturated rings. The second-order valence-electron chi connectivity index (χ2n) is 8.21. The quantitative estimate of drug-likeness (QED) is 0.464. The monoisotopic (exact) mass is 470 g/mol. The van der Waals surface area contributed by atoms with Crippen molar-refractivity contribution in [3.8, 4) is 0 Å². The smallest absolute Gasteiger partial charge is 0.335 e. The number of carboxylic acids is 1. The minimum absolute atomic E-state index is 0.201. The van der Waals surface area contributed by atoms with Crippen molar-refractivity contribution in [1.29, 1.82) is 0 Å². The zero-order chi connectivity index (χ0) is 22.8. The molecule has 3 aromatic rings. The molecule has 1 aromatic heterocycles. The number of nitrogens with zero attached hydrogens (tertiary/aromatic N) is 2. The van der Waals surface area contributed by atoms with Crippen molar-refractivity contribution in [2.45, 2.75) is 38.3 Å². The number of pyridine rings is 1. The van der Waals surface area contributed by atoms with Crippen LogP contribution in [-0.2, 0) is 19.5 Å². The van der Waals surface area contributed by atoms with Gasteiger partial charge in [-0.25, -0.2) is 4.79 Å². The number of aryl methyl sites for hydroxylation is 1. The highest BCUT2D eigenvalue weighted by atomic mass is 35.5. The zero-order valence-corrected chi connectivity index (χ0v) is 19.2. The number of halogens is 2. The molecule has 1 N–H and O–H groups in total. The highest BCUT2D eigenvalue weighted by molar-refractivity contribution is 6.31. The third-order valence-electron chi connectivity index (χ3n) is 5.87. The lowest BCUT2D eigenvalue weighted by molar-refractivity contribution is 0.0697. The lowest BCUT2D eigenvalue weighted by Crippen LogP contribution is -2.30. The molecule has 0 radical (unpaired) electrons. The Labute approximate surface area is 196 Å². The molecular weight excluding hydrogens is 447 g/mol. The fourth-order valence-corrected chi connectivity index (χ4v) is 4.34. The molecule has 5 nitrogen and oxygen atoms in total. The molecular formula is C25H24Cl2N2O3. The number of aromatic nitrogens is 1. The number of carbonyl (C=O) groups is 1. The predicted octanol–water partition coefficient (Wildman–Crippen LogP) is 5.61. The molecule has 1 saturated carbocycles. The van der Waals surface area contributed by atoms with Crippen molar-refractivity contribution in [3.05, 3.63) is 97.4 Å². The molecule has 7 heteroatoms. The third-order valence-corrected chi connectivity index (χ3v) is 6.37. The summed E-state index contributed by atoms with van der Waals surface area (Å²) in [6.07, 6.45) is 2.79. The zero-order valence-electron chi connectivity index (χ0n) is 17.7. The van der Waals surface area contributed by atoms with Crippen molar-refractivity contribution >= 4 is 34.9 Å². The van der Waals surface area contributed by atoms with Gasteiger partial charge in [0.25, 0.3) is 5.56 Å². The summed E-state index contributed by atoms with van der Waals surface area (Å²) in [5.74, 6) is -0.528. The molecule has 1 aliphatic carbocycles. The van der Waals surface area contributed by atoms with Crippen LogP contribution in [0.1, 0.15) is 45.9 Å². The topological polar surface area (TPSA) is 62.5 Å². The summed E-state index contributed by atoms with van der Waals surface area (Å²) in [6, 6.07) is 16.2. The van der Waals surface area contributed by atoms with Crippen molar-refractivity contribution in [2.75, 3.05) is 11.9 Å². The van der Waals surface area contributed by atoms with E-state index in [0.717, 1.165) is 35.3 Å². The number of anilines is 1. The van der Waals surface area contributed by atoms with E-state index in [0.29, 0.717) is 30.5 Å². The van der Waals surface area contributed by atoms with Crippen molar-refractivity contribution in [3.63, 3.8) is 0 Å². The van der Waals surface area contributed by atoms with Crippen LogP contribution in [0.25, 0.3) is 0 Å². The van der Waals surface area contributed by atoms with Crippen LogP contribution in [0.15, 0.2) is 59.4 Å². The van der Waals surface area contributed by atoms with Crippen LogP contribution in [0, 0.1) is 0 Å². The molecule has 166 valence electrons. The predicted molar refractivity (Wildman–Crippen MR) is 128 cm³/mol. The van der Waals surface area contributed by atoms with Gasteiger partial charge in [-0.2, -0.15) is 0 Å². The molecule has 32 heavy (non-hydrogen) atoms. The first-order valence-electron chi connectivity index (χ1n) is 10.5. The summed E-state index contributed by atoms with van der Waals surface area (Å²) in [4.78, 5) is 26.2. The van der Waals surface area contributed by atoms with E-state index in [-0.39, 0.29) is 16.1 Å². The van der Waals surface area contributed by atoms with Crippen LogP contribution < -0.4 is 10.5 Å². The lowest BCUT2D eigenvalue weighted by Gasteiger charge is -2.25. The summed E-state index contributed by atoms with van der Waals surface area (Å²) >= 11 is 12.5. The van der Waals surface area contributed by atoms with Gasteiger partial charge in [-0.3, -0.25) is 4.79 Å². The molecule has 0 saturated heterocycles. The van der Waals surface area contributed by atoms with Gasteiger partial charge in [0.1, 0.15) is 5.02 Å². The number of aromatic carboxylic acids is 1. The Morgan fingerprint density at radius 2 is 1.84 bits per heavy atom. The van der Waals surface area contributed by atoms with E-state index in [2.05, 4.69) is 4.90 Å². The Kier molecular flexibility index (Phi) is 6.58. The minimum Gasteiger partial charge on any atom is -0.478 e. The molecule has 0 amide bonds. The normalized spacial score (nSPS) is 13.2. The average molecular weight is 471 g/mol. The van der Waals surface area contributed by atoms with Crippen LogP contribution in [0.3, 0.4) is 0 Å². The Balaban J connectivity index is 1.66. The van der Waals surface area contributed by atoms with Gasteiger partial charge < -0.3 is 14.6 Å². The standard InChI is InChI=1S/C25H24Cl2N2O3/c1-28(20-4-2-3-19(26)13-20)15-23-21(17-9-10-17)14-22(27)24(30)29(23)12-11-16-5-7-18(8-6-16)25(31)32/h2-8,13-14,17H,9-12,15H2,1H3,(H,31,32). The van der Waals surface area contributed by atoms with Crippen molar-refractivity contribution < 1.29 is 9.90 Å². The van der Waals surface area contributed by atoms with Crippen LogP contribution >= 0.6 is 23.2 Å². The third kappa shape index (κ3) is 5.00. The fourth-order valence-electron chi connectivity index (χ4n) is 3.93. The van der Waals surface area contributed by atoms with Gasteiger partial charge in [0.2, 0.25) is 0 Å². The maximum absolute atomic E-state index is 13.0. The fraction of sp³-hybridized carbons (Fsp3) is 0.280. The van der Waals surface area contributed by atoms with Gasteiger partial charge in [-0.05, 0) is 72.7 Å². The number of rotatable bonds is 8. The van der Waals surface area contributed by atoms with E-state index in [1.807, 2.05) is 37.4 Å². The summed E-state index contributed by atoms with van der Waals surface area (Å²) in [5.41, 5.74) is 4.07. The molecule has 2 aromatic carbocycles. The Morgan fingerprint density at radius 1 is 1.12 bits per heavy atom. The first kappa shape index (κ1) is 22.4. The lowest BCUT2D eigenvalue weighted by atomic mass is 10.1. The molecule has 1 heterocycles. The molecule has 0 spiro atoms. The highest BCUT2D eigenvalue weighted by Gasteiger charge is 2.29. The van der Waals surface area contributed by atoms with E-state index >= 15 is 0 Å². The van der Waals surface area contributed by atoms with E-state index in [4.69, 9.17) is 28.3 Å². The Morgan fingerprint density at radius 3 is 2.47 bits per heavy atom. The molecule has 0 atom stereocenters. The molecule has 0 aliphatic heterocycles. The van der Waals surface area contributed by atoms with Gasteiger partial charge in [0.05, 0.1) is 12.1 Å². The first-order chi connectivity index (χ1) is 15.3. The van der Waals surface area contributed by atoms with Gasteiger partial charge in [0.15, 0.2) is 0 Å². The number of benzene rings is 2. The second kappa shape index (κ2) is 9.39. The number of hydrogen-bond acceptors (Lipinski definition) is 3.